The number of halogens is 1. The molecule has 5 heteroatoms. The number of nitrogens with zero attached hydrogens (tertiary/aromatic N) is 1. The standard InChI is InChI=1S/C14H20ClN3S/c1-10-8-13(16-9-12(10)15)18-14(19)17-11-6-4-2-3-5-7-11/h8-9,11H,2-7H2,1H3,(H2,16,17,18,19). The van der Waals surface area contributed by atoms with Crippen LogP contribution in [0.15, 0.2) is 12.3 Å². The first-order chi connectivity index (χ1) is 9.15. The molecular formula is C14H20ClN3S. The van der Waals surface area contributed by atoms with E-state index in [9.17, 15) is 0 Å². The van der Waals surface area contributed by atoms with Gasteiger partial charge in [-0.3, -0.25) is 0 Å². The molecule has 0 spiro atoms. The highest BCUT2D eigenvalue weighted by Gasteiger charge is 2.13. The van der Waals surface area contributed by atoms with Crippen LogP contribution in [0.4, 0.5) is 5.82 Å². The zero-order valence-electron chi connectivity index (χ0n) is 11.2. The zero-order chi connectivity index (χ0) is 13.7. The van der Waals surface area contributed by atoms with Crippen molar-refractivity contribution in [2.75, 3.05) is 5.32 Å². The van der Waals surface area contributed by atoms with E-state index in [1.165, 1.54) is 38.5 Å². The van der Waals surface area contributed by atoms with Gasteiger partial charge in [-0.05, 0) is 43.6 Å². The fourth-order valence-corrected chi connectivity index (χ4v) is 2.74. The summed E-state index contributed by atoms with van der Waals surface area (Å²) in [5.41, 5.74) is 0.997. The third-order valence-corrected chi connectivity index (χ3v) is 4.09. The number of pyridine rings is 1. The van der Waals surface area contributed by atoms with Gasteiger partial charge < -0.3 is 10.6 Å². The highest BCUT2D eigenvalue weighted by Crippen LogP contribution is 2.18. The molecule has 1 fully saturated rings. The van der Waals surface area contributed by atoms with Crippen LogP contribution in [0, 0.1) is 6.92 Å². The largest absolute Gasteiger partial charge is 0.360 e. The second-order valence-corrected chi connectivity index (χ2v) is 5.92. The molecule has 1 aromatic heterocycles. The number of thiocarbonyl (C=S) groups is 1. The summed E-state index contributed by atoms with van der Waals surface area (Å²) >= 11 is 11.3. The van der Waals surface area contributed by atoms with Crippen molar-refractivity contribution in [3.8, 4) is 0 Å². The Balaban J connectivity index is 1.87. The number of hydrogen-bond acceptors (Lipinski definition) is 2. The van der Waals surface area contributed by atoms with E-state index in [-0.39, 0.29) is 0 Å². The van der Waals surface area contributed by atoms with Crippen molar-refractivity contribution in [2.45, 2.75) is 51.5 Å². The molecule has 0 amide bonds. The van der Waals surface area contributed by atoms with E-state index in [1.807, 2.05) is 13.0 Å². The van der Waals surface area contributed by atoms with Crippen LogP contribution in [-0.2, 0) is 0 Å². The van der Waals surface area contributed by atoms with Gasteiger partial charge in [-0.2, -0.15) is 0 Å². The molecule has 19 heavy (non-hydrogen) atoms. The minimum atomic E-state index is 0.496. The Kier molecular flexibility index (Phi) is 5.40. The Bertz CT molecular complexity index is 442. The van der Waals surface area contributed by atoms with Crippen LogP contribution in [0.25, 0.3) is 0 Å². The van der Waals surface area contributed by atoms with E-state index in [4.69, 9.17) is 23.8 Å². The van der Waals surface area contributed by atoms with Gasteiger partial charge in [-0.25, -0.2) is 4.98 Å². The third-order valence-electron chi connectivity index (χ3n) is 3.48. The van der Waals surface area contributed by atoms with E-state index in [0.717, 1.165) is 11.4 Å². The van der Waals surface area contributed by atoms with Crippen LogP contribution in [0.2, 0.25) is 5.02 Å². The summed E-state index contributed by atoms with van der Waals surface area (Å²) in [6.45, 7) is 1.96. The lowest BCUT2D eigenvalue weighted by atomic mass is 10.1. The van der Waals surface area contributed by atoms with Crippen LogP contribution in [0.5, 0.6) is 0 Å². The van der Waals surface area contributed by atoms with E-state index in [2.05, 4.69) is 15.6 Å². The summed E-state index contributed by atoms with van der Waals surface area (Å²) < 4.78 is 0. The van der Waals surface area contributed by atoms with Crippen molar-refractivity contribution in [1.82, 2.24) is 10.3 Å². The average molecular weight is 298 g/mol. The van der Waals surface area contributed by atoms with Gasteiger partial charge in [-0.15, -0.1) is 0 Å². The highest BCUT2D eigenvalue weighted by molar-refractivity contribution is 7.80. The number of rotatable bonds is 2. The molecule has 104 valence electrons. The highest BCUT2D eigenvalue weighted by atomic mass is 35.5. The maximum Gasteiger partial charge on any atom is 0.172 e. The summed E-state index contributed by atoms with van der Waals surface area (Å²) in [7, 11) is 0. The maximum atomic E-state index is 5.95. The summed E-state index contributed by atoms with van der Waals surface area (Å²) in [5.74, 6) is 0.744. The minimum Gasteiger partial charge on any atom is -0.360 e. The first-order valence-electron chi connectivity index (χ1n) is 6.85. The molecule has 0 radical (unpaired) electrons. The average Bonchev–Trinajstić information content (AvgIpc) is 2.62. The van der Waals surface area contributed by atoms with Crippen LogP contribution in [0.1, 0.15) is 44.1 Å². The molecule has 0 bridgehead atoms. The Hall–Kier alpha value is -0.870. The molecule has 2 N–H and O–H groups in total. The Morgan fingerprint density at radius 3 is 2.63 bits per heavy atom. The Morgan fingerprint density at radius 1 is 1.32 bits per heavy atom. The second-order valence-electron chi connectivity index (χ2n) is 5.11. The first kappa shape index (κ1) is 14.5. The molecule has 0 aliphatic heterocycles. The van der Waals surface area contributed by atoms with Gasteiger partial charge in [0.2, 0.25) is 0 Å². The van der Waals surface area contributed by atoms with Crippen molar-refractivity contribution >= 4 is 34.7 Å². The number of hydrogen-bond donors (Lipinski definition) is 2. The summed E-state index contributed by atoms with van der Waals surface area (Å²) in [5, 5.41) is 7.85. The molecule has 0 aromatic carbocycles. The number of anilines is 1. The quantitative estimate of drug-likeness (QED) is 0.638. The maximum absolute atomic E-state index is 5.95. The van der Waals surface area contributed by atoms with E-state index in [0.29, 0.717) is 16.2 Å². The fourth-order valence-electron chi connectivity index (χ4n) is 2.37. The normalized spacial score (nSPS) is 16.7. The molecule has 1 aliphatic carbocycles. The second kappa shape index (κ2) is 7.06. The Morgan fingerprint density at radius 2 is 2.00 bits per heavy atom. The third kappa shape index (κ3) is 4.62. The summed E-state index contributed by atoms with van der Waals surface area (Å²) in [6.07, 6.45) is 9.32. The SMILES string of the molecule is Cc1cc(NC(=S)NC2CCCCCC2)ncc1Cl. The van der Waals surface area contributed by atoms with Gasteiger partial charge in [-0.1, -0.05) is 37.3 Å². The summed E-state index contributed by atoms with van der Waals surface area (Å²) in [6, 6.07) is 2.40. The van der Waals surface area contributed by atoms with Gasteiger partial charge >= 0.3 is 0 Å². The number of aromatic nitrogens is 1. The lowest BCUT2D eigenvalue weighted by molar-refractivity contribution is 0.535. The van der Waals surface area contributed by atoms with Crippen LogP contribution < -0.4 is 10.6 Å². The lowest BCUT2D eigenvalue weighted by Gasteiger charge is -2.18. The summed E-state index contributed by atoms with van der Waals surface area (Å²) in [4.78, 5) is 4.22. The zero-order valence-corrected chi connectivity index (χ0v) is 12.8. The predicted molar refractivity (Wildman–Crippen MR) is 84.8 cm³/mol. The first-order valence-corrected chi connectivity index (χ1v) is 7.63. The predicted octanol–water partition coefficient (Wildman–Crippen LogP) is 4.05. The van der Waals surface area contributed by atoms with Gasteiger partial charge in [0, 0.05) is 12.2 Å². The molecule has 0 saturated heterocycles. The van der Waals surface area contributed by atoms with Crippen LogP contribution in [-0.4, -0.2) is 16.1 Å². The molecule has 0 unspecified atom stereocenters. The Labute approximate surface area is 125 Å². The minimum absolute atomic E-state index is 0.496. The molecule has 1 saturated carbocycles. The number of aryl methyl sites for hydroxylation is 1. The van der Waals surface area contributed by atoms with Crippen molar-refractivity contribution in [3.05, 3.63) is 22.8 Å². The molecule has 0 atom stereocenters. The lowest BCUT2D eigenvalue weighted by Crippen LogP contribution is -2.37. The van der Waals surface area contributed by atoms with Crippen molar-refractivity contribution in [3.63, 3.8) is 0 Å². The van der Waals surface area contributed by atoms with Crippen molar-refractivity contribution < 1.29 is 0 Å². The van der Waals surface area contributed by atoms with Crippen LogP contribution >= 0.6 is 23.8 Å². The van der Waals surface area contributed by atoms with E-state index >= 15 is 0 Å². The smallest absolute Gasteiger partial charge is 0.172 e. The van der Waals surface area contributed by atoms with Gasteiger partial charge in [0.25, 0.3) is 0 Å². The van der Waals surface area contributed by atoms with Gasteiger partial charge in [0.05, 0.1) is 5.02 Å². The molecular weight excluding hydrogens is 278 g/mol. The van der Waals surface area contributed by atoms with Crippen molar-refractivity contribution in [2.24, 2.45) is 0 Å². The van der Waals surface area contributed by atoms with E-state index in [1.54, 1.807) is 6.20 Å². The van der Waals surface area contributed by atoms with E-state index < -0.39 is 0 Å². The molecule has 1 aliphatic rings. The number of nitrogens with one attached hydrogen (secondary N) is 2. The molecule has 1 aromatic rings. The van der Waals surface area contributed by atoms with Crippen molar-refractivity contribution in [1.29, 1.82) is 0 Å². The monoisotopic (exact) mass is 297 g/mol. The molecule has 3 nitrogen and oxygen atoms in total. The van der Waals surface area contributed by atoms with Crippen LogP contribution in [0.3, 0.4) is 0 Å². The molecule has 2 rings (SSSR count). The fraction of sp³-hybridized carbons (Fsp3) is 0.571. The van der Waals surface area contributed by atoms with Gasteiger partial charge in [0.1, 0.15) is 5.82 Å². The topological polar surface area (TPSA) is 37.0 Å². The van der Waals surface area contributed by atoms with Gasteiger partial charge in [0.15, 0.2) is 5.11 Å². The molecule has 1 heterocycles.